The lowest BCUT2D eigenvalue weighted by Gasteiger charge is -2.20. The van der Waals surface area contributed by atoms with Crippen molar-refractivity contribution < 1.29 is 15.0 Å². The van der Waals surface area contributed by atoms with Crippen molar-refractivity contribution in [1.29, 1.82) is 0 Å². The molecule has 3 N–H and O–H groups in total. The van der Waals surface area contributed by atoms with Crippen molar-refractivity contribution in [3.63, 3.8) is 0 Å². The van der Waals surface area contributed by atoms with Gasteiger partial charge in [-0.25, -0.2) is 0 Å². The van der Waals surface area contributed by atoms with Crippen LogP contribution in [0.15, 0.2) is 109 Å². The number of hydrogen-bond acceptors (Lipinski definition) is 3. The number of aliphatic hydroxyl groups excluding tert-OH is 2. The molecule has 0 heterocycles. The molecule has 0 fully saturated rings. The highest BCUT2D eigenvalue weighted by molar-refractivity contribution is 5.76. The van der Waals surface area contributed by atoms with Gasteiger partial charge in [0.1, 0.15) is 0 Å². The van der Waals surface area contributed by atoms with E-state index >= 15 is 0 Å². The maximum Gasteiger partial charge on any atom is 0.220 e. The van der Waals surface area contributed by atoms with Gasteiger partial charge >= 0.3 is 0 Å². The fourth-order valence-corrected chi connectivity index (χ4v) is 5.54. The van der Waals surface area contributed by atoms with Gasteiger partial charge in [-0.1, -0.05) is 187 Å². The van der Waals surface area contributed by atoms with Crippen LogP contribution in [0.2, 0.25) is 0 Å². The predicted octanol–water partition coefficient (Wildman–Crippen LogP) is 13.2. The number of nitrogens with one attached hydrogen (secondary N) is 1. The zero-order valence-electron chi connectivity index (χ0n) is 33.5. The SMILES string of the molecule is CC/C=C\C/C=C\C/C=C\C/C=C\C/C=C\C/C=C\C/C=C\C/C=C\CCCCCCC(=O)NC(CO)C(O)/C=C/CCCCCCCCCCC. The standard InChI is InChI=1S/C48H79NO3/c1-3-5-7-9-11-13-15-16-17-18-19-20-21-22-23-24-25-26-27-28-29-30-31-32-34-36-38-40-42-44-48(52)49-46(45-50)47(51)43-41-39-37-35-33-14-12-10-8-6-4-2/h5,7,11,13,16-17,19-20,22-23,25-26,28-29,31-32,41,43,46-47,50-51H,3-4,6,8-10,12,14-15,18,21,24,27,30,33-40,42,44-45H2,1-2H3,(H,49,52)/b7-5-,13-11-,17-16-,20-19-,23-22-,26-25-,29-28-,32-31-,43-41+. The Kier molecular flexibility index (Phi) is 40.1. The molecule has 0 rings (SSSR count). The third-order valence-corrected chi connectivity index (χ3v) is 8.76. The van der Waals surface area contributed by atoms with Crippen LogP contribution in [0.4, 0.5) is 0 Å². The van der Waals surface area contributed by atoms with E-state index in [1.807, 2.05) is 6.08 Å². The van der Waals surface area contributed by atoms with Crippen molar-refractivity contribution in [3.05, 3.63) is 109 Å². The van der Waals surface area contributed by atoms with Crippen LogP contribution in [-0.2, 0) is 4.79 Å². The highest BCUT2D eigenvalue weighted by Gasteiger charge is 2.17. The van der Waals surface area contributed by atoms with E-state index in [2.05, 4.69) is 116 Å². The Morgan fingerprint density at radius 2 is 0.846 bits per heavy atom. The van der Waals surface area contributed by atoms with E-state index in [1.165, 1.54) is 51.4 Å². The molecule has 294 valence electrons. The summed E-state index contributed by atoms with van der Waals surface area (Å²) in [4.78, 5) is 12.3. The quantitative estimate of drug-likeness (QED) is 0.0446. The topological polar surface area (TPSA) is 69.6 Å². The van der Waals surface area contributed by atoms with Gasteiger partial charge in [-0.2, -0.15) is 0 Å². The van der Waals surface area contributed by atoms with Gasteiger partial charge in [0.15, 0.2) is 0 Å². The van der Waals surface area contributed by atoms with Crippen LogP contribution in [0.25, 0.3) is 0 Å². The van der Waals surface area contributed by atoms with E-state index in [1.54, 1.807) is 6.08 Å². The Morgan fingerprint density at radius 1 is 0.481 bits per heavy atom. The fourth-order valence-electron chi connectivity index (χ4n) is 5.54. The van der Waals surface area contributed by atoms with Crippen LogP contribution in [0.5, 0.6) is 0 Å². The van der Waals surface area contributed by atoms with Crippen LogP contribution in [0.1, 0.15) is 168 Å². The summed E-state index contributed by atoms with van der Waals surface area (Å²) in [6.07, 6.45) is 64.7. The van der Waals surface area contributed by atoms with Crippen LogP contribution >= 0.6 is 0 Å². The molecule has 0 saturated carbocycles. The van der Waals surface area contributed by atoms with Gasteiger partial charge in [0.05, 0.1) is 18.8 Å². The van der Waals surface area contributed by atoms with E-state index < -0.39 is 12.1 Å². The smallest absolute Gasteiger partial charge is 0.220 e. The molecule has 52 heavy (non-hydrogen) atoms. The zero-order chi connectivity index (χ0) is 37.8. The summed E-state index contributed by atoms with van der Waals surface area (Å²) in [7, 11) is 0. The lowest BCUT2D eigenvalue weighted by Crippen LogP contribution is -2.45. The van der Waals surface area contributed by atoms with Gasteiger partial charge in [0.25, 0.3) is 0 Å². The minimum absolute atomic E-state index is 0.0962. The van der Waals surface area contributed by atoms with Crippen LogP contribution in [0.3, 0.4) is 0 Å². The second-order valence-corrected chi connectivity index (χ2v) is 13.7. The monoisotopic (exact) mass is 718 g/mol. The number of hydrogen-bond donors (Lipinski definition) is 3. The molecular weight excluding hydrogens is 639 g/mol. The van der Waals surface area contributed by atoms with Crippen LogP contribution < -0.4 is 5.32 Å². The van der Waals surface area contributed by atoms with Gasteiger partial charge in [-0.3, -0.25) is 4.79 Å². The van der Waals surface area contributed by atoms with E-state index in [0.29, 0.717) is 6.42 Å². The molecule has 0 aliphatic rings. The third kappa shape index (κ3) is 38.3. The number of aliphatic hydroxyl groups is 2. The third-order valence-electron chi connectivity index (χ3n) is 8.76. The number of carbonyl (C=O) groups excluding carboxylic acids is 1. The largest absolute Gasteiger partial charge is 0.394 e. The molecule has 0 aromatic carbocycles. The molecule has 1 amide bonds. The summed E-state index contributed by atoms with van der Waals surface area (Å²) in [6.45, 7) is 4.15. The zero-order valence-corrected chi connectivity index (χ0v) is 33.5. The number of carbonyl (C=O) groups is 1. The summed E-state index contributed by atoms with van der Waals surface area (Å²) in [5, 5.41) is 22.9. The van der Waals surface area contributed by atoms with Gasteiger partial charge in [-0.15, -0.1) is 0 Å². The predicted molar refractivity (Wildman–Crippen MR) is 229 cm³/mol. The van der Waals surface area contributed by atoms with Gasteiger partial charge < -0.3 is 15.5 Å². The van der Waals surface area contributed by atoms with Gasteiger partial charge in [-0.05, 0) is 83.5 Å². The summed E-state index contributed by atoms with van der Waals surface area (Å²) < 4.78 is 0. The summed E-state index contributed by atoms with van der Waals surface area (Å²) in [5.74, 6) is -0.0962. The Labute approximate surface area is 321 Å². The Morgan fingerprint density at radius 3 is 1.27 bits per heavy atom. The number of unbranched alkanes of at least 4 members (excludes halogenated alkanes) is 13. The van der Waals surface area contributed by atoms with E-state index in [0.717, 1.165) is 96.3 Å². The van der Waals surface area contributed by atoms with Crippen molar-refractivity contribution in [2.24, 2.45) is 0 Å². The lowest BCUT2D eigenvalue weighted by molar-refractivity contribution is -0.123. The van der Waals surface area contributed by atoms with E-state index in [-0.39, 0.29) is 12.5 Å². The summed E-state index contributed by atoms with van der Waals surface area (Å²) >= 11 is 0. The first kappa shape index (κ1) is 49.0. The summed E-state index contributed by atoms with van der Waals surface area (Å²) in [6, 6.07) is -0.642. The van der Waals surface area contributed by atoms with Crippen molar-refractivity contribution in [1.82, 2.24) is 5.32 Å². The van der Waals surface area contributed by atoms with Gasteiger partial charge in [0, 0.05) is 6.42 Å². The number of amides is 1. The molecule has 0 aromatic rings. The average Bonchev–Trinajstić information content (AvgIpc) is 3.15. The maximum atomic E-state index is 12.3. The van der Waals surface area contributed by atoms with Crippen LogP contribution in [-0.4, -0.2) is 34.9 Å². The Hall–Kier alpha value is -2.95. The number of allylic oxidation sites excluding steroid dienone is 17. The first-order valence-electron chi connectivity index (χ1n) is 21.1. The summed E-state index contributed by atoms with van der Waals surface area (Å²) in [5.41, 5.74) is 0. The minimum Gasteiger partial charge on any atom is -0.394 e. The highest BCUT2D eigenvalue weighted by Crippen LogP contribution is 2.11. The fraction of sp³-hybridized carbons (Fsp3) is 0.604. The number of rotatable bonds is 36. The first-order valence-corrected chi connectivity index (χ1v) is 21.1. The molecule has 0 spiro atoms. The Bertz CT molecular complexity index is 1040. The molecular formula is C48H79NO3. The second-order valence-electron chi connectivity index (χ2n) is 13.7. The highest BCUT2D eigenvalue weighted by atomic mass is 16.3. The normalized spacial score (nSPS) is 14.2. The molecule has 4 nitrogen and oxygen atoms in total. The maximum absolute atomic E-state index is 12.3. The molecule has 4 heteroatoms. The molecule has 0 radical (unpaired) electrons. The van der Waals surface area contributed by atoms with Crippen molar-refractivity contribution in [2.45, 2.75) is 180 Å². The second kappa shape index (κ2) is 42.5. The minimum atomic E-state index is -0.856. The molecule has 2 unspecified atom stereocenters. The lowest BCUT2D eigenvalue weighted by atomic mass is 10.1. The first-order chi connectivity index (χ1) is 25.7. The van der Waals surface area contributed by atoms with E-state index in [9.17, 15) is 15.0 Å². The van der Waals surface area contributed by atoms with Crippen molar-refractivity contribution >= 4 is 5.91 Å². The van der Waals surface area contributed by atoms with Crippen LogP contribution in [0, 0.1) is 0 Å². The molecule has 0 aliphatic heterocycles. The Balaban J connectivity index is 3.73. The van der Waals surface area contributed by atoms with Crippen molar-refractivity contribution in [3.8, 4) is 0 Å². The van der Waals surface area contributed by atoms with E-state index in [4.69, 9.17) is 0 Å². The molecule has 2 atom stereocenters. The van der Waals surface area contributed by atoms with Crippen molar-refractivity contribution in [2.75, 3.05) is 6.61 Å². The molecule has 0 aliphatic carbocycles. The molecule has 0 bridgehead atoms. The molecule has 0 aromatic heterocycles. The molecule has 0 saturated heterocycles. The van der Waals surface area contributed by atoms with Gasteiger partial charge in [0.2, 0.25) is 5.91 Å². The average molecular weight is 718 g/mol.